The topological polar surface area (TPSA) is 91.2 Å². The zero-order valence-electron chi connectivity index (χ0n) is 11.8. The van der Waals surface area contributed by atoms with Gasteiger partial charge in [0.1, 0.15) is 0 Å². The number of nitro groups is 1. The Kier molecular flexibility index (Phi) is 2.87. The number of hydrogen-bond acceptors (Lipinski definition) is 5. The minimum absolute atomic E-state index is 0.0683. The first-order chi connectivity index (χ1) is 11.2. The van der Waals surface area contributed by atoms with Gasteiger partial charge in [-0.3, -0.25) is 10.1 Å². The quantitative estimate of drug-likeness (QED) is 0.428. The molecule has 4 aromatic rings. The molecule has 0 saturated heterocycles. The highest BCUT2D eigenvalue weighted by Gasteiger charge is 2.16. The molecule has 3 heterocycles. The Labute approximate surface area is 129 Å². The molecule has 0 aliphatic carbocycles. The lowest BCUT2D eigenvalue weighted by Gasteiger charge is -2.02. The van der Waals surface area contributed by atoms with Gasteiger partial charge in [0.05, 0.1) is 11.3 Å². The molecule has 8 heteroatoms. The van der Waals surface area contributed by atoms with Crippen molar-refractivity contribution in [1.29, 1.82) is 0 Å². The summed E-state index contributed by atoms with van der Waals surface area (Å²) in [5, 5.41) is 15.4. The third kappa shape index (κ3) is 2.22. The minimum Gasteiger partial charge on any atom is -0.306 e. The van der Waals surface area contributed by atoms with Crippen LogP contribution in [0, 0.1) is 10.1 Å². The van der Waals surface area contributed by atoms with Crippen LogP contribution in [0.4, 0.5) is 5.69 Å². The van der Waals surface area contributed by atoms with Crippen LogP contribution >= 0.6 is 0 Å². The van der Waals surface area contributed by atoms with Gasteiger partial charge >= 0.3 is 5.69 Å². The lowest BCUT2D eigenvalue weighted by molar-refractivity contribution is -0.383. The second kappa shape index (κ2) is 5.02. The number of nitrogens with zero attached hydrogens (tertiary/aromatic N) is 6. The molecule has 0 saturated carbocycles. The predicted molar refractivity (Wildman–Crippen MR) is 82.2 cm³/mol. The SMILES string of the molecule is O=[N+]([O-])c1cccn2nc(-c3ccc(-n4ccnc4)cc3)nc12. The molecule has 0 aliphatic rings. The second-order valence-corrected chi connectivity index (χ2v) is 4.87. The van der Waals surface area contributed by atoms with Gasteiger partial charge in [0.2, 0.25) is 5.65 Å². The number of benzene rings is 1. The zero-order chi connectivity index (χ0) is 15.8. The van der Waals surface area contributed by atoms with Gasteiger partial charge < -0.3 is 4.57 Å². The Morgan fingerprint density at radius 1 is 1.09 bits per heavy atom. The highest BCUT2D eigenvalue weighted by atomic mass is 16.6. The highest BCUT2D eigenvalue weighted by molar-refractivity contribution is 5.65. The Morgan fingerprint density at radius 3 is 2.61 bits per heavy atom. The van der Waals surface area contributed by atoms with Gasteiger partial charge in [0.15, 0.2) is 5.82 Å². The first-order valence-corrected chi connectivity index (χ1v) is 6.81. The monoisotopic (exact) mass is 306 g/mol. The van der Waals surface area contributed by atoms with E-state index in [0.717, 1.165) is 11.3 Å². The molecule has 4 rings (SSSR count). The van der Waals surface area contributed by atoms with Crippen molar-refractivity contribution in [3.63, 3.8) is 0 Å². The van der Waals surface area contributed by atoms with Crippen molar-refractivity contribution >= 4 is 11.3 Å². The summed E-state index contributed by atoms with van der Waals surface area (Å²) in [6.07, 6.45) is 6.90. The molecule has 0 unspecified atom stereocenters. The fraction of sp³-hybridized carbons (Fsp3) is 0. The molecule has 3 aromatic heterocycles. The molecular weight excluding hydrogens is 296 g/mol. The van der Waals surface area contributed by atoms with Crippen molar-refractivity contribution in [2.45, 2.75) is 0 Å². The molecule has 0 amide bonds. The molecule has 0 atom stereocenters. The maximum atomic E-state index is 11.1. The van der Waals surface area contributed by atoms with Crippen molar-refractivity contribution in [3.8, 4) is 17.1 Å². The van der Waals surface area contributed by atoms with Crippen LogP contribution < -0.4 is 0 Å². The number of rotatable bonds is 3. The molecule has 23 heavy (non-hydrogen) atoms. The first kappa shape index (κ1) is 13.1. The smallest absolute Gasteiger partial charge is 0.306 e. The fourth-order valence-corrected chi connectivity index (χ4v) is 2.35. The molecule has 0 aliphatic heterocycles. The Bertz CT molecular complexity index is 989. The standard InChI is InChI=1S/C15H10N6O2/c22-21(23)13-2-1-8-20-15(13)17-14(18-20)11-3-5-12(6-4-11)19-9-7-16-10-19/h1-10H. The molecule has 1 aromatic carbocycles. The van der Waals surface area contributed by atoms with Crippen LogP contribution in [-0.2, 0) is 0 Å². The summed E-state index contributed by atoms with van der Waals surface area (Å²) in [6, 6.07) is 10.6. The van der Waals surface area contributed by atoms with Crippen molar-refractivity contribution in [2.24, 2.45) is 0 Å². The summed E-state index contributed by atoms with van der Waals surface area (Å²) in [5.41, 5.74) is 1.90. The molecular formula is C15H10N6O2. The number of fused-ring (bicyclic) bond motifs is 1. The fourth-order valence-electron chi connectivity index (χ4n) is 2.35. The van der Waals surface area contributed by atoms with E-state index in [9.17, 15) is 10.1 Å². The predicted octanol–water partition coefficient (Wildman–Crippen LogP) is 2.49. The largest absolute Gasteiger partial charge is 0.313 e. The maximum absolute atomic E-state index is 11.1. The molecule has 0 N–H and O–H groups in total. The summed E-state index contributed by atoms with van der Waals surface area (Å²) in [7, 11) is 0. The number of pyridine rings is 1. The third-order valence-electron chi connectivity index (χ3n) is 3.47. The molecule has 8 nitrogen and oxygen atoms in total. The lowest BCUT2D eigenvalue weighted by atomic mass is 10.2. The first-order valence-electron chi connectivity index (χ1n) is 6.81. The number of imidazole rings is 1. The van der Waals surface area contributed by atoms with Crippen LogP contribution in [0.2, 0.25) is 0 Å². The number of aromatic nitrogens is 5. The average molecular weight is 306 g/mol. The van der Waals surface area contributed by atoms with Crippen molar-refractivity contribution in [3.05, 3.63) is 71.4 Å². The highest BCUT2D eigenvalue weighted by Crippen LogP contribution is 2.22. The van der Waals surface area contributed by atoms with Crippen molar-refractivity contribution in [1.82, 2.24) is 24.1 Å². The Morgan fingerprint density at radius 2 is 1.91 bits per heavy atom. The van der Waals surface area contributed by atoms with Gasteiger partial charge in [-0.15, -0.1) is 5.10 Å². The number of hydrogen-bond donors (Lipinski definition) is 0. The molecule has 0 radical (unpaired) electrons. The molecule has 0 bridgehead atoms. The van der Waals surface area contributed by atoms with E-state index < -0.39 is 4.92 Å². The van der Waals surface area contributed by atoms with E-state index in [1.54, 1.807) is 24.8 Å². The van der Waals surface area contributed by atoms with E-state index in [2.05, 4.69) is 15.1 Å². The lowest BCUT2D eigenvalue weighted by Crippen LogP contribution is -1.93. The molecule has 112 valence electrons. The zero-order valence-corrected chi connectivity index (χ0v) is 11.8. The van der Waals surface area contributed by atoms with Crippen LogP contribution in [0.5, 0.6) is 0 Å². The Hall–Kier alpha value is -3.55. The van der Waals surface area contributed by atoms with Crippen molar-refractivity contribution in [2.75, 3.05) is 0 Å². The van der Waals surface area contributed by atoms with Gasteiger partial charge in [0.25, 0.3) is 0 Å². The normalized spacial score (nSPS) is 11.0. The van der Waals surface area contributed by atoms with E-state index in [-0.39, 0.29) is 11.3 Å². The van der Waals surface area contributed by atoms with Crippen LogP contribution in [-0.4, -0.2) is 29.1 Å². The summed E-state index contributed by atoms with van der Waals surface area (Å²) in [5.74, 6) is 0.441. The van der Waals surface area contributed by atoms with Gasteiger partial charge in [-0.25, -0.2) is 14.5 Å². The van der Waals surface area contributed by atoms with Gasteiger partial charge in [-0.1, -0.05) is 0 Å². The summed E-state index contributed by atoms with van der Waals surface area (Å²) in [4.78, 5) is 18.9. The third-order valence-corrected chi connectivity index (χ3v) is 3.47. The van der Waals surface area contributed by atoms with Crippen LogP contribution in [0.1, 0.15) is 0 Å². The summed E-state index contributed by atoms with van der Waals surface area (Å²) in [6.45, 7) is 0. The van der Waals surface area contributed by atoms with Crippen LogP contribution in [0.15, 0.2) is 61.3 Å². The minimum atomic E-state index is -0.462. The summed E-state index contributed by atoms with van der Waals surface area (Å²) >= 11 is 0. The van der Waals surface area contributed by atoms with E-state index >= 15 is 0 Å². The van der Waals surface area contributed by atoms with Gasteiger partial charge in [-0.05, 0) is 30.3 Å². The average Bonchev–Trinajstić information content (AvgIpc) is 3.24. The molecule has 0 fully saturated rings. The Balaban J connectivity index is 1.77. The molecule has 0 spiro atoms. The van der Waals surface area contributed by atoms with Crippen molar-refractivity contribution < 1.29 is 4.92 Å². The van der Waals surface area contributed by atoms with E-state index in [0.29, 0.717) is 5.82 Å². The maximum Gasteiger partial charge on any atom is 0.313 e. The van der Waals surface area contributed by atoms with E-state index in [4.69, 9.17) is 0 Å². The van der Waals surface area contributed by atoms with Crippen LogP contribution in [0.25, 0.3) is 22.7 Å². The summed E-state index contributed by atoms with van der Waals surface area (Å²) < 4.78 is 3.29. The van der Waals surface area contributed by atoms with E-state index in [1.807, 2.05) is 35.0 Å². The van der Waals surface area contributed by atoms with E-state index in [1.165, 1.54) is 10.6 Å². The van der Waals surface area contributed by atoms with Crippen LogP contribution in [0.3, 0.4) is 0 Å². The van der Waals surface area contributed by atoms with Gasteiger partial charge in [-0.2, -0.15) is 0 Å². The van der Waals surface area contributed by atoms with Gasteiger partial charge in [0, 0.05) is 35.9 Å². The second-order valence-electron chi connectivity index (χ2n) is 4.87.